The fraction of sp³-hybridized carbons (Fsp3) is 0.524. The quantitative estimate of drug-likeness (QED) is 0.110. The fourth-order valence-corrected chi connectivity index (χ4v) is 2.54. The number of ether oxygens (including phenoxy) is 5. The summed E-state index contributed by atoms with van der Waals surface area (Å²) in [6.45, 7) is 6.08. The predicted octanol–water partition coefficient (Wildman–Crippen LogP) is 2.90. The van der Waals surface area contributed by atoms with Gasteiger partial charge in [0.25, 0.3) is 4.69 Å². The number of hydrogen-bond donors (Lipinski definition) is 0. The maximum atomic E-state index is 12.7. The van der Waals surface area contributed by atoms with Gasteiger partial charge >= 0.3 is 5.97 Å². The van der Waals surface area contributed by atoms with Crippen molar-refractivity contribution in [3.05, 3.63) is 17.7 Å². The second kappa shape index (κ2) is 14.5. The molecular formula is C21H27BrO9. The normalized spacial score (nSPS) is 10.3. The van der Waals surface area contributed by atoms with Crippen molar-refractivity contribution in [2.24, 2.45) is 0 Å². The lowest BCUT2D eigenvalue weighted by Gasteiger charge is -2.16. The zero-order chi connectivity index (χ0) is 23.2. The van der Waals surface area contributed by atoms with Crippen LogP contribution in [0.5, 0.6) is 17.2 Å². The highest BCUT2D eigenvalue weighted by molar-refractivity contribution is 9.19. The summed E-state index contributed by atoms with van der Waals surface area (Å²) in [5.74, 6) is -0.372. The molecule has 0 fully saturated rings. The molecule has 1 aromatic carbocycles. The largest absolute Gasteiger partial charge is 0.493 e. The molecule has 0 spiro atoms. The molecule has 0 heterocycles. The Morgan fingerprint density at radius 2 is 1.39 bits per heavy atom. The summed E-state index contributed by atoms with van der Waals surface area (Å²) in [7, 11) is 0. The van der Waals surface area contributed by atoms with Gasteiger partial charge in [0.15, 0.2) is 17.3 Å². The Labute approximate surface area is 189 Å². The third-order valence-corrected chi connectivity index (χ3v) is 4.19. The fourth-order valence-electron chi connectivity index (χ4n) is 2.43. The van der Waals surface area contributed by atoms with Crippen molar-refractivity contribution in [2.45, 2.75) is 33.6 Å². The lowest BCUT2D eigenvalue weighted by molar-refractivity contribution is -0.145. The van der Waals surface area contributed by atoms with E-state index < -0.39 is 23.1 Å². The van der Waals surface area contributed by atoms with E-state index in [0.717, 1.165) is 0 Å². The molecule has 0 aliphatic carbocycles. The summed E-state index contributed by atoms with van der Waals surface area (Å²) in [6, 6.07) is 3.17. The average Bonchev–Trinajstić information content (AvgIpc) is 2.73. The van der Waals surface area contributed by atoms with Gasteiger partial charge in [-0.25, -0.2) is 0 Å². The maximum Gasteiger partial charge on any atom is 0.306 e. The second-order valence-corrected chi connectivity index (χ2v) is 6.71. The smallest absolute Gasteiger partial charge is 0.306 e. The molecule has 172 valence electrons. The van der Waals surface area contributed by atoms with Crippen molar-refractivity contribution in [1.82, 2.24) is 0 Å². The predicted molar refractivity (Wildman–Crippen MR) is 114 cm³/mol. The molecule has 0 bridgehead atoms. The molecule has 0 N–H and O–H groups in total. The van der Waals surface area contributed by atoms with Gasteiger partial charge in [0.05, 0.1) is 38.4 Å². The molecule has 0 saturated carbocycles. The van der Waals surface area contributed by atoms with Crippen molar-refractivity contribution < 1.29 is 42.9 Å². The zero-order valence-corrected chi connectivity index (χ0v) is 19.4. The van der Waals surface area contributed by atoms with Crippen molar-refractivity contribution in [3.8, 4) is 17.2 Å². The minimum atomic E-state index is -0.781. The topological polar surface area (TPSA) is 114 Å². The highest BCUT2D eigenvalue weighted by Crippen LogP contribution is 2.36. The standard InChI is InChI=1S/C21H27BrO9/c1-4-28-17-12-19(30-6-3)18(29-5-2)11-14(17)15(23)7-8-20(25)31-10-9-27-13-16(24)21(22)26/h11-12H,4-10,13H2,1-3H3. The van der Waals surface area contributed by atoms with E-state index in [1.54, 1.807) is 19.1 Å². The summed E-state index contributed by atoms with van der Waals surface area (Å²) >= 11 is 2.52. The Morgan fingerprint density at radius 3 is 1.97 bits per heavy atom. The van der Waals surface area contributed by atoms with Crippen LogP contribution in [-0.4, -0.2) is 61.9 Å². The van der Waals surface area contributed by atoms with Crippen LogP contribution in [0.1, 0.15) is 44.0 Å². The molecule has 0 aliphatic heterocycles. The van der Waals surface area contributed by atoms with E-state index in [2.05, 4.69) is 15.9 Å². The summed E-state index contributed by atoms with van der Waals surface area (Å²) < 4.78 is 25.8. The van der Waals surface area contributed by atoms with Gasteiger partial charge in [0, 0.05) is 28.4 Å². The number of halogens is 1. The van der Waals surface area contributed by atoms with Gasteiger partial charge in [0.1, 0.15) is 19.0 Å². The van der Waals surface area contributed by atoms with Crippen molar-refractivity contribution in [2.75, 3.05) is 39.6 Å². The van der Waals surface area contributed by atoms with Gasteiger partial charge in [-0.15, -0.1) is 0 Å². The van der Waals surface area contributed by atoms with Crippen molar-refractivity contribution >= 4 is 38.2 Å². The third kappa shape index (κ3) is 9.48. The van der Waals surface area contributed by atoms with E-state index >= 15 is 0 Å². The minimum absolute atomic E-state index is 0.0448. The first-order valence-corrected chi connectivity index (χ1v) is 10.7. The first-order chi connectivity index (χ1) is 14.8. The number of carbonyl (C=O) groups excluding carboxylic acids is 4. The highest BCUT2D eigenvalue weighted by atomic mass is 79.9. The molecule has 0 unspecified atom stereocenters. The molecule has 0 atom stereocenters. The number of Topliss-reactive ketones (excluding diaryl/α,β-unsaturated/α-hetero) is 2. The first kappa shape index (κ1) is 26.6. The summed E-state index contributed by atoms with van der Waals surface area (Å²) in [6.07, 6.45) is -0.226. The molecule has 31 heavy (non-hydrogen) atoms. The summed E-state index contributed by atoms with van der Waals surface area (Å²) in [5, 5.41) is 0. The number of rotatable bonds is 16. The van der Waals surface area contributed by atoms with Gasteiger partial charge in [-0.3, -0.25) is 19.2 Å². The van der Waals surface area contributed by atoms with Crippen LogP contribution in [0.15, 0.2) is 12.1 Å². The Balaban J connectivity index is 2.65. The van der Waals surface area contributed by atoms with Gasteiger partial charge in [-0.1, -0.05) is 0 Å². The van der Waals surface area contributed by atoms with Crippen LogP contribution in [0.4, 0.5) is 0 Å². The van der Waals surface area contributed by atoms with E-state index in [1.807, 2.05) is 13.8 Å². The summed E-state index contributed by atoms with van der Waals surface area (Å²) in [4.78, 5) is 46.3. The van der Waals surface area contributed by atoms with Crippen LogP contribution < -0.4 is 14.2 Å². The third-order valence-electron chi connectivity index (χ3n) is 3.75. The Morgan fingerprint density at radius 1 is 0.806 bits per heavy atom. The van der Waals surface area contributed by atoms with E-state index in [1.165, 1.54) is 0 Å². The van der Waals surface area contributed by atoms with Gasteiger partial charge in [-0.2, -0.15) is 0 Å². The Bertz CT molecular complexity index is 776. The van der Waals surface area contributed by atoms with Crippen molar-refractivity contribution in [3.63, 3.8) is 0 Å². The van der Waals surface area contributed by atoms with Crippen LogP contribution in [0.3, 0.4) is 0 Å². The number of carbonyl (C=O) groups is 4. The van der Waals surface area contributed by atoms with Gasteiger partial charge in [0.2, 0.25) is 5.78 Å². The van der Waals surface area contributed by atoms with Crippen LogP contribution in [0, 0.1) is 0 Å². The lowest BCUT2D eigenvalue weighted by Crippen LogP contribution is -2.18. The minimum Gasteiger partial charge on any atom is -0.493 e. The maximum absolute atomic E-state index is 12.7. The average molecular weight is 503 g/mol. The molecule has 1 rings (SSSR count). The van der Waals surface area contributed by atoms with Crippen LogP contribution in [0.2, 0.25) is 0 Å². The van der Waals surface area contributed by atoms with Crippen LogP contribution in [0.25, 0.3) is 0 Å². The Hall–Kier alpha value is -2.46. The van der Waals surface area contributed by atoms with Gasteiger partial charge < -0.3 is 23.7 Å². The van der Waals surface area contributed by atoms with E-state index in [4.69, 9.17) is 23.7 Å². The number of esters is 1. The molecule has 0 amide bonds. The highest BCUT2D eigenvalue weighted by Gasteiger charge is 2.20. The Kier molecular flexibility index (Phi) is 12.5. The summed E-state index contributed by atoms with van der Waals surface area (Å²) in [5.41, 5.74) is 0.294. The first-order valence-electron chi connectivity index (χ1n) is 9.89. The van der Waals surface area contributed by atoms with E-state index in [9.17, 15) is 19.2 Å². The van der Waals surface area contributed by atoms with Crippen molar-refractivity contribution in [1.29, 1.82) is 0 Å². The molecule has 9 nitrogen and oxygen atoms in total. The SMILES string of the molecule is CCOc1cc(OCC)c(C(=O)CCC(=O)OCCOCC(=O)C(=O)Br)cc1OCC. The van der Waals surface area contributed by atoms with Crippen LogP contribution >= 0.6 is 15.9 Å². The lowest BCUT2D eigenvalue weighted by atomic mass is 10.0. The second-order valence-electron chi connectivity index (χ2n) is 5.99. The molecule has 10 heteroatoms. The van der Waals surface area contributed by atoms with Crippen LogP contribution in [-0.2, 0) is 23.9 Å². The number of hydrogen-bond acceptors (Lipinski definition) is 9. The zero-order valence-electron chi connectivity index (χ0n) is 17.9. The van der Waals surface area contributed by atoms with Gasteiger partial charge in [-0.05, 0) is 26.8 Å². The molecular weight excluding hydrogens is 476 g/mol. The molecule has 0 radical (unpaired) electrons. The molecule has 0 aromatic heterocycles. The number of benzene rings is 1. The number of ketones is 2. The van der Waals surface area contributed by atoms with E-state index in [0.29, 0.717) is 42.6 Å². The monoisotopic (exact) mass is 502 g/mol. The molecule has 0 aliphatic rings. The van der Waals surface area contributed by atoms with E-state index in [-0.39, 0.29) is 31.8 Å². The molecule has 1 aromatic rings. The molecule has 0 saturated heterocycles.